The third-order valence-electron chi connectivity index (χ3n) is 2.69. The van der Waals surface area contributed by atoms with Gasteiger partial charge in [0.1, 0.15) is 5.75 Å². The van der Waals surface area contributed by atoms with Crippen LogP contribution in [0.3, 0.4) is 0 Å². The van der Waals surface area contributed by atoms with Crippen LogP contribution in [-0.2, 0) is 6.54 Å². The summed E-state index contributed by atoms with van der Waals surface area (Å²) in [6.45, 7) is 0.836. The van der Waals surface area contributed by atoms with Crippen LogP contribution in [0.1, 0.15) is 18.4 Å². The number of hydrogen-bond donors (Lipinski definition) is 1. The van der Waals surface area contributed by atoms with Gasteiger partial charge in [0.05, 0.1) is 6.61 Å². The first-order chi connectivity index (χ1) is 9.03. The Labute approximate surface area is 114 Å². The van der Waals surface area contributed by atoms with E-state index in [0.29, 0.717) is 11.8 Å². The fourth-order valence-corrected chi connectivity index (χ4v) is 2.01. The molecule has 106 valence electrons. The summed E-state index contributed by atoms with van der Waals surface area (Å²) >= 11 is -0.0579. The molecule has 1 aromatic rings. The lowest BCUT2D eigenvalue weighted by Gasteiger charge is -2.09. The van der Waals surface area contributed by atoms with E-state index in [1.165, 1.54) is 12.8 Å². The molecule has 0 radical (unpaired) electrons. The molecule has 0 atom stereocenters. The molecule has 1 aliphatic rings. The number of hydrogen-bond acceptors (Lipinski definition) is 3. The first-order valence-electron chi connectivity index (χ1n) is 6.19. The third-order valence-corrected chi connectivity index (χ3v) is 3.39. The molecular formula is C13H16F3NOS. The highest BCUT2D eigenvalue weighted by Gasteiger charge is 2.27. The Balaban J connectivity index is 1.71. The molecule has 0 amide bonds. The minimum atomic E-state index is -4.18. The van der Waals surface area contributed by atoms with Gasteiger partial charge in [0.2, 0.25) is 0 Å². The second-order valence-electron chi connectivity index (χ2n) is 4.45. The highest BCUT2D eigenvalue weighted by Crippen LogP contribution is 2.29. The average Bonchev–Trinajstić information content (AvgIpc) is 3.16. The molecule has 0 aliphatic heterocycles. The van der Waals surface area contributed by atoms with Crippen molar-refractivity contribution >= 4 is 11.8 Å². The van der Waals surface area contributed by atoms with Crippen LogP contribution in [0.15, 0.2) is 24.3 Å². The van der Waals surface area contributed by atoms with E-state index >= 15 is 0 Å². The maximum Gasteiger partial charge on any atom is 0.441 e. The van der Waals surface area contributed by atoms with Crippen molar-refractivity contribution in [3.8, 4) is 5.75 Å². The van der Waals surface area contributed by atoms with Crippen molar-refractivity contribution in [3.05, 3.63) is 29.8 Å². The van der Waals surface area contributed by atoms with Gasteiger partial charge in [-0.25, -0.2) is 0 Å². The molecule has 0 bridgehead atoms. The van der Waals surface area contributed by atoms with E-state index in [1.54, 1.807) is 6.07 Å². The van der Waals surface area contributed by atoms with E-state index < -0.39 is 5.51 Å². The number of halogens is 3. The number of alkyl halides is 3. The summed E-state index contributed by atoms with van der Waals surface area (Å²) in [5.74, 6) is 0.534. The maximum absolute atomic E-state index is 11.9. The minimum absolute atomic E-state index is 0.0579. The number of thioether (sulfide) groups is 1. The zero-order chi connectivity index (χ0) is 13.7. The highest BCUT2D eigenvalue weighted by molar-refractivity contribution is 8.00. The van der Waals surface area contributed by atoms with E-state index in [0.717, 1.165) is 12.1 Å². The predicted molar refractivity (Wildman–Crippen MR) is 70.3 cm³/mol. The number of nitrogens with one attached hydrogen (secondary N) is 1. The van der Waals surface area contributed by atoms with Crippen LogP contribution in [0.5, 0.6) is 5.75 Å². The number of ether oxygens (including phenoxy) is 1. The zero-order valence-corrected chi connectivity index (χ0v) is 11.2. The summed E-state index contributed by atoms with van der Waals surface area (Å²) in [5, 5.41) is 3.38. The molecule has 0 spiro atoms. The molecule has 0 heterocycles. The topological polar surface area (TPSA) is 21.3 Å². The number of rotatable bonds is 7. The van der Waals surface area contributed by atoms with E-state index in [1.807, 2.05) is 18.2 Å². The zero-order valence-electron chi connectivity index (χ0n) is 10.4. The molecule has 1 aliphatic carbocycles. The largest absolute Gasteiger partial charge is 0.493 e. The fourth-order valence-electron chi connectivity index (χ4n) is 1.61. The molecule has 2 rings (SSSR count). The van der Waals surface area contributed by atoms with Gasteiger partial charge < -0.3 is 10.1 Å². The summed E-state index contributed by atoms with van der Waals surface area (Å²) < 4.78 is 41.1. The van der Waals surface area contributed by atoms with E-state index in [4.69, 9.17) is 4.74 Å². The Morgan fingerprint density at radius 1 is 1.32 bits per heavy atom. The van der Waals surface area contributed by atoms with Gasteiger partial charge in [-0.2, -0.15) is 13.2 Å². The second kappa shape index (κ2) is 6.52. The molecule has 0 saturated heterocycles. The Hall–Kier alpha value is -0.880. The lowest BCUT2D eigenvalue weighted by Crippen LogP contribution is -2.15. The van der Waals surface area contributed by atoms with Crippen LogP contribution in [-0.4, -0.2) is 23.9 Å². The average molecular weight is 291 g/mol. The summed E-state index contributed by atoms with van der Waals surface area (Å²) in [4.78, 5) is 0. The SMILES string of the molecule is FC(F)(F)SCCOc1cccc(CNC2CC2)c1. The van der Waals surface area contributed by atoms with Crippen molar-refractivity contribution in [2.75, 3.05) is 12.4 Å². The number of benzene rings is 1. The smallest absolute Gasteiger partial charge is 0.441 e. The first-order valence-corrected chi connectivity index (χ1v) is 7.17. The highest BCUT2D eigenvalue weighted by atomic mass is 32.2. The first kappa shape index (κ1) is 14.5. The van der Waals surface area contributed by atoms with Gasteiger partial charge in [0.15, 0.2) is 0 Å². The molecule has 0 unspecified atom stereocenters. The van der Waals surface area contributed by atoms with Crippen LogP contribution < -0.4 is 10.1 Å². The van der Waals surface area contributed by atoms with E-state index in [2.05, 4.69) is 5.32 Å². The molecule has 0 aromatic heterocycles. The Kier molecular flexibility index (Phi) is 4.99. The van der Waals surface area contributed by atoms with Gasteiger partial charge >= 0.3 is 5.51 Å². The van der Waals surface area contributed by atoms with Crippen LogP contribution in [0.4, 0.5) is 13.2 Å². The van der Waals surface area contributed by atoms with Crippen molar-refractivity contribution in [1.82, 2.24) is 5.32 Å². The molecule has 1 fully saturated rings. The molecule has 1 saturated carbocycles. The minimum Gasteiger partial charge on any atom is -0.493 e. The third kappa shape index (κ3) is 6.20. The van der Waals surface area contributed by atoms with Crippen molar-refractivity contribution in [2.45, 2.75) is 30.9 Å². The van der Waals surface area contributed by atoms with E-state index in [9.17, 15) is 13.2 Å². The van der Waals surface area contributed by atoms with Crippen molar-refractivity contribution in [2.24, 2.45) is 0 Å². The van der Waals surface area contributed by atoms with Crippen molar-refractivity contribution in [3.63, 3.8) is 0 Å². The summed E-state index contributed by atoms with van der Waals surface area (Å²) in [6, 6.07) is 8.10. The Morgan fingerprint density at radius 3 is 2.79 bits per heavy atom. The van der Waals surface area contributed by atoms with Gasteiger partial charge in [-0.3, -0.25) is 0 Å². The molecule has 2 nitrogen and oxygen atoms in total. The van der Waals surface area contributed by atoms with Gasteiger partial charge in [0.25, 0.3) is 0 Å². The van der Waals surface area contributed by atoms with Gasteiger partial charge in [-0.05, 0) is 42.3 Å². The Morgan fingerprint density at radius 2 is 2.11 bits per heavy atom. The summed E-state index contributed by atoms with van der Waals surface area (Å²) in [6.07, 6.45) is 2.45. The lowest BCUT2D eigenvalue weighted by atomic mass is 10.2. The van der Waals surface area contributed by atoms with E-state index in [-0.39, 0.29) is 24.1 Å². The van der Waals surface area contributed by atoms with Gasteiger partial charge in [0, 0.05) is 18.3 Å². The van der Waals surface area contributed by atoms with Crippen molar-refractivity contribution < 1.29 is 17.9 Å². The quantitative estimate of drug-likeness (QED) is 0.776. The predicted octanol–water partition coefficient (Wildman–Crippen LogP) is 3.57. The Bertz CT molecular complexity index is 407. The summed E-state index contributed by atoms with van der Waals surface area (Å²) in [5.41, 5.74) is -3.09. The molecule has 19 heavy (non-hydrogen) atoms. The standard InChI is InChI=1S/C13H16F3NOS/c14-13(15,16)19-7-6-18-12-3-1-2-10(8-12)9-17-11-4-5-11/h1-3,8,11,17H,4-7,9H2. The fraction of sp³-hybridized carbons (Fsp3) is 0.538. The summed E-state index contributed by atoms with van der Waals surface area (Å²) in [7, 11) is 0. The normalized spacial score (nSPS) is 15.5. The molecule has 6 heteroatoms. The maximum atomic E-state index is 11.9. The van der Waals surface area contributed by atoms with Gasteiger partial charge in [-0.1, -0.05) is 12.1 Å². The van der Waals surface area contributed by atoms with Crippen LogP contribution in [0, 0.1) is 0 Å². The molecular weight excluding hydrogens is 275 g/mol. The van der Waals surface area contributed by atoms with Crippen LogP contribution in [0.2, 0.25) is 0 Å². The van der Waals surface area contributed by atoms with Gasteiger partial charge in [-0.15, -0.1) is 0 Å². The van der Waals surface area contributed by atoms with Crippen LogP contribution in [0.25, 0.3) is 0 Å². The second-order valence-corrected chi connectivity index (χ2v) is 5.61. The monoisotopic (exact) mass is 291 g/mol. The van der Waals surface area contributed by atoms with Crippen LogP contribution >= 0.6 is 11.8 Å². The molecule has 1 aromatic carbocycles. The molecule has 1 N–H and O–H groups in total. The lowest BCUT2D eigenvalue weighted by molar-refractivity contribution is -0.0329. The van der Waals surface area contributed by atoms with Crippen molar-refractivity contribution in [1.29, 1.82) is 0 Å².